The highest BCUT2D eigenvalue weighted by atomic mass is 79.9. The Hall–Kier alpha value is -2.47. The first-order chi connectivity index (χ1) is 11.5. The summed E-state index contributed by atoms with van der Waals surface area (Å²) in [5.74, 6) is 0.220. The Labute approximate surface area is 147 Å². The summed E-state index contributed by atoms with van der Waals surface area (Å²) in [6.45, 7) is 3.70. The Kier molecular flexibility index (Phi) is 4.76. The number of rotatable bonds is 4. The maximum atomic E-state index is 12.1. The van der Waals surface area contributed by atoms with Crippen molar-refractivity contribution in [2.45, 2.75) is 20.0 Å². The molecule has 122 valence electrons. The molecule has 3 rings (SSSR count). The van der Waals surface area contributed by atoms with Gasteiger partial charge in [-0.2, -0.15) is 0 Å². The predicted molar refractivity (Wildman–Crippen MR) is 92.4 cm³/mol. The van der Waals surface area contributed by atoms with Gasteiger partial charge in [0.2, 0.25) is 5.89 Å². The SMILES string of the molecule is Cc1ccc(-c2nnc([C@@H](C)OC(=O)c3ccc(Br)cc3)o2)cc1. The molecule has 0 amide bonds. The molecule has 1 heterocycles. The van der Waals surface area contributed by atoms with E-state index in [0.717, 1.165) is 15.6 Å². The molecule has 1 aromatic heterocycles. The topological polar surface area (TPSA) is 65.2 Å². The van der Waals surface area contributed by atoms with Crippen LogP contribution >= 0.6 is 15.9 Å². The van der Waals surface area contributed by atoms with Crippen molar-refractivity contribution in [1.82, 2.24) is 10.2 Å². The zero-order chi connectivity index (χ0) is 17.1. The van der Waals surface area contributed by atoms with Crippen molar-refractivity contribution >= 4 is 21.9 Å². The molecule has 24 heavy (non-hydrogen) atoms. The van der Waals surface area contributed by atoms with Gasteiger partial charge in [0.25, 0.3) is 5.89 Å². The molecule has 0 aliphatic heterocycles. The van der Waals surface area contributed by atoms with E-state index < -0.39 is 12.1 Å². The van der Waals surface area contributed by atoms with Crippen LogP contribution in [0, 0.1) is 6.92 Å². The molecule has 0 saturated carbocycles. The van der Waals surface area contributed by atoms with E-state index in [-0.39, 0.29) is 5.89 Å². The van der Waals surface area contributed by atoms with E-state index in [4.69, 9.17) is 9.15 Å². The molecule has 0 radical (unpaired) electrons. The minimum atomic E-state index is -0.632. The van der Waals surface area contributed by atoms with Gasteiger partial charge in [-0.1, -0.05) is 33.6 Å². The Morgan fingerprint density at radius 1 is 1.08 bits per heavy atom. The summed E-state index contributed by atoms with van der Waals surface area (Å²) in [4.78, 5) is 12.1. The molecule has 0 saturated heterocycles. The van der Waals surface area contributed by atoms with Crippen LogP contribution in [0.1, 0.15) is 34.8 Å². The van der Waals surface area contributed by atoms with Gasteiger partial charge >= 0.3 is 5.97 Å². The van der Waals surface area contributed by atoms with Gasteiger partial charge in [-0.15, -0.1) is 10.2 Å². The van der Waals surface area contributed by atoms with Gasteiger partial charge < -0.3 is 9.15 Å². The molecule has 2 aromatic carbocycles. The Morgan fingerprint density at radius 3 is 2.42 bits per heavy atom. The van der Waals surface area contributed by atoms with Crippen LogP contribution < -0.4 is 0 Å². The lowest BCUT2D eigenvalue weighted by molar-refractivity contribution is 0.0280. The fourth-order valence-electron chi connectivity index (χ4n) is 2.08. The highest BCUT2D eigenvalue weighted by Gasteiger charge is 2.19. The van der Waals surface area contributed by atoms with Crippen molar-refractivity contribution in [1.29, 1.82) is 0 Å². The largest absolute Gasteiger partial charge is 0.449 e. The molecular formula is C18H15BrN2O3. The summed E-state index contributed by atoms with van der Waals surface area (Å²) in [6.07, 6.45) is -0.632. The minimum Gasteiger partial charge on any atom is -0.449 e. The monoisotopic (exact) mass is 386 g/mol. The fraction of sp³-hybridized carbons (Fsp3) is 0.167. The number of halogens is 1. The quantitative estimate of drug-likeness (QED) is 0.606. The van der Waals surface area contributed by atoms with Gasteiger partial charge in [-0.3, -0.25) is 0 Å². The van der Waals surface area contributed by atoms with E-state index in [2.05, 4.69) is 26.1 Å². The van der Waals surface area contributed by atoms with Crippen LogP contribution in [0.2, 0.25) is 0 Å². The van der Waals surface area contributed by atoms with E-state index in [0.29, 0.717) is 11.5 Å². The molecule has 3 aromatic rings. The van der Waals surface area contributed by atoms with E-state index >= 15 is 0 Å². The zero-order valence-corrected chi connectivity index (χ0v) is 14.8. The molecule has 5 nitrogen and oxygen atoms in total. The average Bonchev–Trinajstić information content (AvgIpc) is 3.06. The number of aryl methyl sites for hydroxylation is 1. The van der Waals surface area contributed by atoms with Crippen molar-refractivity contribution < 1.29 is 13.9 Å². The summed E-state index contributed by atoms with van der Waals surface area (Å²) in [7, 11) is 0. The predicted octanol–water partition coefficient (Wildman–Crippen LogP) is 4.73. The van der Waals surface area contributed by atoms with Gasteiger partial charge in [-0.05, 0) is 50.2 Å². The van der Waals surface area contributed by atoms with Crippen LogP contribution in [0.5, 0.6) is 0 Å². The van der Waals surface area contributed by atoms with Gasteiger partial charge in [0.1, 0.15) is 0 Å². The van der Waals surface area contributed by atoms with Crippen LogP contribution in [-0.2, 0) is 4.74 Å². The first kappa shape index (κ1) is 16.4. The van der Waals surface area contributed by atoms with Crippen molar-refractivity contribution in [2.24, 2.45) is 0 Å². The second-order valence-corrected chi connectivity index (χ2v) is 6.28. The van der Waals surface area contributed by atoms with Crippen LogP contribution in [0.25, 0.3) is 11.5 Å². The van der Waals surface area contributed by atoms with Gasteiger partial charge in [0, 0.05) is 10.0 Å². The number of carbonyl (C=O) groups is 1. The maximum absolute atomic E-state index is 12.1. The van der Waals surface area contributed by atoms with E-state index in [1.54, 1.807) is 31.2 Å². The van der Waals surface area contributed by atoms with Crippen molar-refractivity contribution in [3.63, 3.8) is 0 Å². The molecule has 0 bridgehead atoms. The van der Waals surface area contributed by atoms with E-state index in [9.17, 15) is 4.79 Å². The summed E-state index contributed by atoms with van der Waals surface area (Å²) in [5.41, 5.74) is 2.43. The number of benzene rings is 2. The maximum Gasteiger partial charge on any atom is 0.338 e. The summed E-state index contributed by atoms with van der Waals surface area (Å²) in [5, 5.41) is 7.99. The minimum absolute atomic E-state index is 0.260. The first-order valence-corrected chi connectivity index (χ1v) is 8.19. The molecular weight excluding hydrogens is 372 g/mol. The third-order valence-corrected chi connectivity index (χ3v) is 3.98. The standard InChI is InChI=1S/C18H15BrN2O3/c1-11-3-5-13(6-4-11)17-21-20-16(24-17)12(2)23-18(22)14-7-9-15(19)10-8-14/h3-10,12H,1-2H3/t12-/m1/s1. The smallest absolute Gasteiger partial charge is 0.338 e. The molecule has 0 aliphatic carbocycles. The van der Waals surface area contributed by atoms with E-state index in [1.165, 1.54) is 0 Å². The third-order valence-electron chi connectivity index (χ3n) is 3.45. The third kappa shape index (κ3) is 3.71. The highest BCUT2D eigenvalue weighted by molar-refractivity contribution is 9.10. The molecule has 1 atom stereocenters. The Balaban J connectivity index is 1.71. The number of aromatic nitrogens is 2. The molecule has 0 fully saturated rings. The first-order valence-electron chi connectivity index (χ1n) is 7.40. The molecule has 0 spiro atoms. The van der Waals surface area contributed by atoms with Crippen LogP contribution in [0.15, 0.2) is 57.4 Å². The number of ether oxygens (including phenoxy) is 1. The number of hydrogen-bond acceptors (Lipinski definition) is 5. The fourth-order valence-corrected chi connectivity index (χ4v) is 2.34. The Bertz CT molecular complexity index is 841. The molecule has 0 unspecified atom stereocenters. The van der Waals surface area contributed by atoms with Crippen molar-refractivity contribution in [3.05, 3.63) is 70.0 Å². The summed E-state index contributed by atoms with van der Waals surface area (Å²) < 4.78 is 11.9. The Morgan fingerprint density at radius 2 is 1.75 bits per heavy atom. The van der Waals surface area contributed by atoms with Crippen molar-refractivity contribution in [3.8, 4) is 11.5 Å². The summed E-state index contributed by atoms with van der Waals surface area (Å²) in [6, 6.07) is 14.7. The van der Waals surface area contributed by atoms with Crippen molar-refractivity contribution in [2.75, 3.05) is 0 Å². The second kappa shape index (κ2) is 6.97. The van der Waals surface area contributed by atoms with Gasteiger partial charge in [-0.25, -0.2) is 4.79 Å². The average molecular weight is 387 g/mol. The van der Waals surface area contributed by atoms with Gasteiger partial charge in [0.05, 0.1) is 5.56 Å². The van der Waals surface area contributed by atoms with E-state index in [1.807, 2.05) is 31.2 Å². The lowest BCUT2D eigenvalue weighted by Crippen LogP contribution is -2.09. The normalized spacial score (nSPS) is 12.0. The lowest BCUT2D eigenvalue weighted by Gasteiger charge is -2.09. The lowest BCUT2D eigenvalue weighted by atomic mass is 10.1. The summed E-state index contributed by atoms with van der Waals surface area (Å²) >= 11 is 3.33. The van der Waals surface area contributed by atoms with Crippen LogP contribution in [0.3, 0.4) is 0 Å². The van der Waals surface area contributed by atoms with Crippen LogP contribution in [0.4, 0.5) is 0 Å². The highest BCUT2D eigenvalue weighted by Crippen LogP contribution is 2.23. The number of esters is 1. The number of hydrogen-bond donors (Lipinski definition) is 0. The van der Waals surface area contributed by atoms with Crippen LogP contribution in [-0.4, -0.2) is 16.2 Å². The molecule has 0 aliphatic rings. The molecule has 6 heteroatoms. The van der Waals surface area contributed by atoms with Gasteiger partial charge in [0.15, 0.2) is 6.10 Å². The zero-order valence-electron chi connectivity index (χ0n) is 13.2. The number of nitrogens with zero attached hydrogens (tertiary/aromatic N) is 2. The second-order valence-electron chi connectivity index (χ2n) is 5.37. The number of carbonyl (C=O) groups excluding carboxylic acids is 1. The molecule has 0 N–H and O–H groups in total.